The molecule has 0 amide bonds. The van der Waals surface area contributed by atoms with E-state index in [1.165, 1.54) is 16.7 Å². The highest BCUT2D eigenvalue weighted by Crippen LogP contribution is 2.15. The maximum atomic E-state index is 10.6. The molecule has 0 saturated carbocycles. The topological polar surface area (TPSA) is 46.5 Å². The van der Waals surface area contributed by atoms with Crippen LogP contribution in [0, 0.1) is 0 Å². The van der Waals surface area contributed by atoms with E-state index in [4.69, 9.17) is 9.84 Å². The predicted octanol–water partition coefficient (Wildman–Crippen LogP) is 6.50. The first-order chi connectivity index (χ1) is 12.9. The number of carboxylic acids is 1. The van der Waals surface area contributed by atoms with Crippen molar-refractivity contribution in [2.24, 2.45) is 0 Å². The van der Waals surface area contributed by atoms with Gasteiger partial charge in [0.2, 0.25) is 0 Å². The molecule has 0 radical (unpaired) electrons. The number of aryl methyl sites for hydroxylation is 1. The number of benzene rings is 1. The minimum Gasteiger partial charge on any atom is -0.490 e. The molecule has 0 aromatic heterocycles. The molecule has 3 heteroatoms. The molecule has 1 rings (SSSR count). The maximum Gasteiger partial charge on any atom is 0.303 e. The number of carboxylic acid groups (broad SMARTS) is 1. The molecule has 27 heavy (non-hydrogen) atoms. The Morgan fingerprint density at radius 3 is 2.07 bits per heavy atom. The third kappa shape index (κ3) is 11.8. The lowest BCUT2D eigenvalue weighted by atomic mass is 10.1. The SMILES string of the molecule is CC(C)=CCCC(C)=CCCC(C)=CCOc1ccc(CCC(=O)O)cc1. The molecule has 1 N–H and O–H groups in total. The van der Waals surface area contributed by atoms with Gasteiger partial charge in [-0.15, -0.1) is 0 Å². The monoisotopic (exact) mass is 370 g/mol. The molecule has 148 valence electrons. The fourth-order valence-corrected chi connectivity index (χ4v) is 2.62. The Balaban J connectivity index is 2.29. The molecule has 0 spiro atoms. The average Bonchev–Trinajstić information content (AvgIpc) is 2.60. The van der Waals surface area contributed by atoms with Gasteiger partial charge in [-0.25, -0.2) is 0 Å². The number of aliphatic carboxylic acids is 1. The van der Waals surface area contributed by atoms with Crippen molar-refractivity contribution in [2.45, 2.75) is 66.2 Å². The summed E-state index contributed by atoms with van der Waals surface area (Å²) < 4.78 is 5.75. The molecule has 1 aromatic rings. The standard InChI is InChI=1S/C24H34O3/c1-19(2)7-5-8-20(3)9-6-10-21(4)17-18-27-23-14-11-22(12-15-23)13-16-24(25)26/h7,9,11-12,14-15,17H,5-6,8,10,13,16,18H2,1-4H3,(H,25,26). The van der Waals surface area contributed by atoms with E-state index in [1.54, 1.807) is 0 Å². The van der Waals surface area contributed by atoms with E-state index in [0.717, 1.165) is 37.0 Å². The van der Waals surface area contributed by atoms with E-state index < -0.39 is 5.97 Å². The van der Waals surface area contributed by atoms with Gasteiger partial charge in [0.25, 0.3) is 0 Å². The summed E-state index contributed by atoms with van der Waals surface area (Å²) in [4.78, 5) is 10.6. The van der Waals surface area contributed by atoms with Gasteiger partial charge in [-0.3, -0.25) is 4.79 Å². The average molecular weight is 371 g/mol. The van der Waals surface area contributed by atoms with Crippen LogP contribution >= 0.6 is 0 Å². The fraction of sp³-hybridized carbons (Fsp3) is 0.458. The van der Waals surface area contributed by atoms with Crippen molar-refractivity contribution in [3.8, 4) is 5.75 Å². The minimum absolute atomic E-state index is 0.158. The predicted molar refractivity (Wildman–Crippen MR) is 113 cm³/mol. The highest BCUT2D eigenvalue weighted by Gasteiger charge is 2.00. The van der Waals surface area contributed by atoms with Gasteiger partial charge in [0.1, 0.15) is 12.4 Å². The van der Waals surface area contributed by atoms with Crippen LogP contribution in [0.4, 0.5) is 0 Å². The molecular formula is C24H34O3. The Labute approximate surface area is 164 Å². The summed E-state index contributed by atoms with van der Waals surface area (Å²) >= 11 is 0. The molecule has 0 aliphatic carbocycles. The summed E-state index contributed by atoms with van der Waals surface area (Å²) in [6.45, 7) is 9.20. The number of carbonyl (C=O) groups is 1. The van der Waals surface area contributed by atoms with Crippen LogP contribution in [0.2, 0.25) is 0 Å². The van der Waals surface area contributed by atoms with Gasteiger partial charge in [-0.1, -0.05) is 41.0 Å². The molecular weight excluding hydrogens is 336 g/mol. The van der Waals surface area contributed by atoms with Gasteiger partial charge in [0.15, 0.2) is 0 Å². The van der Waals surface area contributed by atoms with Gasteiger partial charge < -0.3 is 9.84 Å². The van der Waals surface area contributed by atoms with Crippen molar-refractivity contribution < 1.29 is 14.6 Å². The maximum absolute atomic E-state index is 10.6. The first kappa shape index (κ1) is 22.8. The van der Waals surface area contributed by atoms with E-state index in [0.29, 0.717) is 13.0 Å². The number of hydrogen-bond donors (Lipinski definition) is 1. The highest BCUT2D eigenvalue weighted by molar-refractivity contribution is 5.67. The van der Waals surface area contributed by atoms with Gasteiger partial charge in [-0.05, 0) is 83.6 Å². The second-order valence-corrected chi connectivity index (χ2v) is 7.31. The normalized spacial score (nSPS) is 12.0. The quantitative estimate of drug-likeness (QED) is 0.427. The molecule has 3 nitrogen and oxygen atoms in total. The lowest BCUT2D eigenvalue weighted by Crippen LogP contribution is -1.98. The van der Waals surface area contributed by atoms with E-state index in [9.17, 15) is 4.79 Å². The van der Waals surface area contributed by atoms with E-state index in [-0.39, 0.29) is 6.42 Å². The first-order valence-corrected chi connectivity index (χ1v) is 9.75. The number of hydrogen-bond acceptors (Lipinski definition) is 2. The van der Waals surface area contributed by atoms with Crippen LogP contribution in [0.15, 0.2) is 59.2 Å². The van der Waals surface area contributed by atoms with Crippen molar-refractivity contribution in [3.63, 3.8) is 0 Å². The molecule has 0 fully saturated rings. The fourth-order valence-electron chi connectivity index (χ4n) is 2.62. The third-order valence-corrected chi connectivity index (χ3v) is 4.36. The lowest BCUT2D eigenvalue weighted by Gasteiger charge is -2.06. The number of ether oxygens (including phenoxy) is 1. The van der Waals surface area contributed by atoms with Crippen molar-refractivity contribution in [1.29, 1.82) is 0 Å². The Morgan fingerprint density at radius 1 is 0.889 bits per heavy atom. The number of rotatable bonds is 12. The molecule has 0 unspecified atom stereocenters. The molecule has 0 saturated heterocycles. The van der Waals surface area contributed by atoms with Crippen molar-refractivity contribution >= 4 is 5.97 Å². The van der Waals surface area contributed by atoms with Crippen LogP contribution in [0.3, 0.4) is 0 Å². The summed E-state index contributed by atoms with van der Waals surface area (Å²) in [6, 6.07) is 7.66. The Morgan fingerprint density at radius 2 is 1.48 bits per heavy atom. The zero-order valence-corrected chi connectivity index (χ0v) is 17.3. The summed E-state index contributed by atoms with van der Waals surface area (Å²) in [5.74, 6) is 0.0435. The van der Waals surface area contributed by atoms with Crippen LogP contribution in [0.1, 0.15) is 65.4 Å². The summed E-state index contributed by atoms with van der Waals surface area (Å²) in [6.07, 6.45) is 11.9. The van der Waals surface area contributed by atoms with Crippen LogP contribution < -0.4 is 4.74 Å². The molecule has 0 aliphatic heterocycles. The summed E-state index contributed by atoms with van der Waals surface area (Å²) in [5.41, 5.74) is 5.20. The second-order valence-electron chi connectivity index (χ2n) is 7.31. The molecule has 0 bridgehead atoms. The van der Waals surface area contributed by atoms with E-state index in [2.05, 4.69) is 45.9 Å². The van der Waals surface area contributed by atoms with Crippen molar-refractivity contribution in [2.75, 3.05) is 6.61 Å². The number of allylic oxidation sites excluding steroid dienone is 5. The largest absolute Gasteiger partial charge is 0.490 e. The van der Waals surface area contributed by atoms with Crippen LogP contribution in [0.25, 0.3) is 0 Å². The van der Waals surface area contributed by atoms with Gasteiger partial charge in [0.05, 0.1) is 0 Å². The molecule has 0 aliphatic rings. The lowest BCUT2D eigenvalue weighted by molar-refractivity contribution is -0.136. The zero-order valence-electron chi connectivity index (χ0n) is 17.3. The van der Waals surface area contributed by atoms with Crippen molar-refractivity contribution in [3.05, 3.63) is 64.8 Å². The van der Waals surface area contributed by atoms with Gasteiger partial charge >= 0.3 is 5.97 Å². The van der Waals surface area contributed by atoms with Crippen molar-refractivity contribution in [1.82, 2.24) is 0 Å². The Bertz CT molecular complexity index is 659. The first-order valence-electron chi connectivity index (χ1n) is 9.75. The molecule has 0 heterocycles. The van der Waals surface area contributed by atoms with E-state index >= 15 is 0 Å². The Kier molecular flexibility index (Phi) is 10.9. The van der Waals surface area contributed by atoms with Gasteiger partial charge in [-0.2, -0.15) is 0 Å². The van der Waals surface area contributed by atoms with Crippen LogP contribution in [-0.2, 0) is 11.2 Å². The van der Waals surface area contributed by atoms with Gasteiger partial charge in [0, 0.05) is 6.42 Å². The summed E-state index contributed by atoms with van der Waals surface area (Å²) in [7, 11) is 0. The summed E-state index contributed by atoms with van der Waals surface area (Å²) in [5, 5.41) is 8.71. The third-order valence-electron chi connectivity index (χ3n) is 4.36. The molecule has 1 aromatic carbocycles. The van der Waals surface area contributed by atoms with E-state index in [1.807, 2.05) is 24.3 Å². The van der Waals surface area contributed by atoms with Crippen LogP contribution in [-0.4, -0.2) is 17.7 Å². The zero-order chi connectivity index (χ0) is 20.1. The highest BCUT2D eigenvalue weighted by atomic mass is 16.5. The second kappa shape index (κ2) is 13.0. The Hall–Kier alpha value is -2.29. The molecule has 0 atom stereocenters. The minimum atomic E-state index is -0.770. The smallest absolute Gasteiger partial charge is 0.303 e. The van der Waals surface area contributed by atoms with Crippen LogP contribution in [0.5, 0.6) is 5.75 Å².